The summed E-state index contributed by atoms with van der Waals surface area (Å²) in [6, 6.07) is 6.82. The SMILES string of the molecule is CNc1cc(-c2ccc(F)c(C)c2)nc(C)n1. The molecule has 1 heterocycles. The Morgan fingerprint density at radius 1 is 1.12 bits per heavy atom. The predicted octanol–water partition coefficient (Wildman–Crippen LogP) is 2.94. The Morgan fingerprint density at radius 3 is 2.53 bits per heavy atom. The number of nitrogens with zero attached hydrogens (tertiary/aromatic N) is 2. The van der Waals surface area contributed by atoms with Crippen molar-refractivity contribution >= 4 is 5.82 Å². The molecule has 0 spiro atoms. The fourth-order valence-corrected chi connectivity index (χ4v) is 1.65. The fourth-order valence-electron chi connectivity index (χ4n) is 1.65. The second-order valence-electron chi connectivity index (χ2n) is 3.90. The van der Waals surface area contributed by atoms with E-state index < -0.39 is 0 Å². The molecule has 0 amide bonds. The number of halogens is 1. The average Bonchev–Trinajstić information content (AvgIpc) is 2.32. The predicted molar refractivity (Wildman–Crippen MR) is 66.4 cm³/mol. The van der Waals surface area contributed by atoms with E-state index in [-0.39, 0.29) is 5.82 Å². The Bertz CT molecular complexity index is 552. The summed E-state index contributed by atoms with van der Waals surface area (Å²) in [6.07, 6.45) is 0. The van der Waals surface area contributed by atoms with E-state index in [0.29, 0.717) is 11.4 Å². The normalized spacial score (nSPS) is 10.4. The second kappa shape index (κ2) is 4.49. The second-order valence-corrected chi connectivity index (χ2v) is 3.90. The van der Waals surface area contributed by atoms with Crippen molar-refractivity contribution in [3.8, 4) is 11.3 Å². The van der Waals surface area contributed by atoms with Crippen LogP contribution in [0.15, 0.2) is 24.3 Å². The number of benzene rings is 1. The summed E-state index contributed by atoms with van der Waals surface area (Å²) >= 11 is 0. The molecule has 0 bridgehead atoms. The lowest BCUT2D eigenvalue weighted by molar-refractivity contribution is 0.619. The third kappa shape index (κ3) is 2.41. The van der Waals surface area contributed by atoms with E-state index in [1.165, 1.54) is 6.07 Å². The molecule has 0 saturated heterocycles. The van der Waals surface area contributed by atoms with Crippen molar-refractivity contribution in [2.24, 2.45) is 0 Å². The van der Waals surface area contributed by atoms with E-state index in [0.717, 1.165) is 17.1 Å². The minimum Gasteiger partial charge on any atom is -0.373 e. The van der Waals surface area contributed by atoms with Crippen LogP contribution in [0, 0.1) is 19.7 Å². The summed E-state index contributed by atoms with van der Waals surface area (Å²) in [4.78, 5) is 8.57. The van der Waals surface area contributed by atoms with Crippen LogP contribution < -0.4 is 5.32 Å². The smallest absolute Gasteiger partial charge is 0.130 e. The van der Waals surface area contributed by atoms with Gasteiger partial charge in [-0.1, -0.05) is 0 Å². The molecule has 3 nitrogen and oxygen atoms in total. The Labute approximate surface area is 99.7 Å². The standard InChI is InChI=1S/C13H14FN3/c1-8-6-10(4-5-11(8)14)12-7-13(15-3)17-9(2)16-12/h4-7H,1-3H3,(H,15,16,17). The van der Waals surface area contributed by atoms with Gasteiger partial charge in [-0.2, -0.15) is 0 Å². The van der Waals surface area contributed by atoms with Crippen LogP contribution in [0.1, 0.15) is 11.4 Å². The Hall–Kier alpha value is -1.97. The maximum atomic E-state index is 13.2. The van der Waals surface area contributed by atoms with Gasteiger partial charge in [0.25, 0.3) is 0 Å². The molecule has 2 rings (SSSR count). The number of aryl methyl sites for hydroxylation is 2. The molecule has 4 heteroatoms. The summed E-state index contributed by atoms with van der Waals surface area (Å²) in [5.74, 6) is 1.25. The summed E-state index contributed by atoms with van der Waals surface area (Å²) < 4.78 is 13.2. The van der Waals surface area contributed by atoms with Crippen LogP contribution in [0.5, 0.6) is 0 Å². The zero-order valence-electron chi connectivity index (χ0n) is 10.1. The Kier molecular flexibility index (Phi) is 3.04. The van der Waals surface area contributed by atoms with Gasteiger partial charge in [0.1, 0.15) is 17.5 Å². The van der Waals surface area contributed by atoms with Crippen molar-refractivity contribution in [1.29, 1.82) is 0 Å². The molecule has 0 unspecified atom stereocenters. The number of hydrogen-bond donors (Lipinski definition) is 1. The van der Waals surface area contributed by atoms with Crippen molar-refractivity contribution in [2.75, 3.05) is 12.4 Å². The van der Waals surface area contributed by atoms with Crippen LogP contribution in [0.2, 0.25) is 0 Å². The minimum atomic E-state index is -0.201. The Morgan fingerprint density at radius 2 is 1.88 bits per heavy atom. The first-order chi connectivity index (χ1) is 8.10. The molecule has 0 atom stereocenters. The molecule has 1 aromatic carbocycles. The maximum Gasteiger partial charge on any atom is 0.130 e. The van der Waals surface area contributed by atoms with Crippen molar-refractivity contribution in [3.63, 3.8) is 0 Å². The van der Waals surface area contributed by atoms with E-state index in [1.807, 2.05) is 20.0 Å². The highest BCUT2D eigenvalue weighted by molar-refractivity contribution is 5.63. The van der Waals surface area contributed by atoms with Crippen LogP contribution in [-0.4, -0.2) is 17.0 Å². The summed E-state index contributed by atoms with van der Waals surface area (Å²) in [5.41, 5.74) is 2.31. The van der Waals surface area contributed by atoms with E-state index in [9.17, 15) is 4.39 Å². The molecule has 0 aliphatic carbocycles. The zero-order chi connectivity index (χ0) is 12.4. The largest absolute Gasteiger partial charge is 0.373 e. The van der Waals surface area contributed by atoms with Crippen LogP contribution in [0.3, 0.4) is 0 Å². The van der Waals surface area contributed by atoms with Crippen LogP contribution in [0.25, 0.3) is 11.3 Å². The summed E-state index contributed by atoms with van der Waals surface area (Å²) in [6.45, 7) is 3.58. The molecule has 0 fully saturated rings. The molecule has 0 radical (unpaired) electrons. The molecule has 2 aromatic rings. The third-order valence-electron chi connectivity index (χ3n) is 2.55. The highest BCUT2D eigenvalue weighted by Gasteiger charge is 2.05. The average molecular weight is 231 g/mol. The van der Waals surface area contributed by atoms with Gasteiger partial charge in [-0.3, -0.25) is 0 Å². The molecule has 17 heavy (non-hydrogen) atoms. The van der Waals surface area contributed by atoms with Gasteiger partial charge in [-0.15, -0.1) is 0 Å². The first kappa shape index (κ1) is 11.5. The molecular formula is C13H14FN3. The molecule has 1 aromatic heterocycles. The highest BCUT2D eigenvalue weighted by atomic mass is 19.1. The number of nitrogens with one attached hydrogen (secondary N) is 1. The fraction of sp³-hybridized carbons (Fsp3) is 0.231. The Balaban J connectivity index is 2.52. The van der Waals surface area contributed by atoms with Gasteiger partial charge >= 0.3 is 0 Å². The van der Waals surface area contributed by atoms with Crippen LogP contribution >= 0.6 is 0 Å². The number of hydrogen-bond acceptors (Lipinski definition) is 3. The van der Waals surface area contributed by atoms with Gasteiger partial charge in [0, 0.05) is 18.7 Å². The number of aromatic nitrogens is 2. The van der Waals surface area contributed by atoms with Crippen LogP contribution in [0.4, 0.5) is 10.2 Å². The van der Waals surface area contributed by atoms with Crippen molar-refractivity contribution < 1.29 is 4.39 Å². The molecule has 0 aliphatic rings. The molecule has 88 valence electrons. The van der Waals surface area contributed by atoms with Gasteiger partial charge in [0.05, 0.1) is 5.69 Å². The van der Waals surface area contributed by atoms with Crippen molar-refractivity contribution in [3.05, 3.63) is 41.5 Å². The summed E-state index contributed by atoms with van der Waals surface area (Å²) in [7, 11) is 1.81. The topological polar surface area (TPSA) is 37.8 Å². The molecule has 1 N–H and O–H groups in total. The van der Waals surface area contributed by atoms with Crippen LogP contribution in [-0.2, 0) is 0 Å². The van der Waals surface area contributed by atoms with E-state index in [1.54, 1.807) is 19.1 Å². The van der Waals surface area contributed by atoms with E-state index >= 15 is 0 Å². The lowest BCUT2D eigenvalue weighted by Gasteiger charge is -2.06. The van der Waals surface area contributed by atoms with Gasteiger partial charge in [0.15, 0.2) is 0 Å². The zero-order valence-corrected chi connectivity index (χ0v) is 10.1. The lowest BCUT2D eigenvalue weighted by Crippen LogP contribution is -1.98. The van der Waals surface area contributed by atoms with Gasteiger partial charge in [0.2, 0.25) is 0 Å². The monoisotopic (exact) mass is 231 g/mol. The first-order valence-electron chi connectivity index (χ1n) is 5.40. The third-order valence-corrected chi connectivity index (χ3v) is 2.55. The van der Waals surface area contributed by atoms with Gasteiger partial charge in [-0.25, -0.2) is 14.4 Å². The molecule has 0 aliphatic heterocycles. The van der Waals surface area contributed by atoms with E-state index in [4.69, 9.17) is 0 Å². The van der Waals surface area contributed by atoms with E-state index in [2.05, 4.69) is 15.3 Å². The van der Waals surface area contributed by atoms with Crippen molar-refractivity contribution in [2.45, 2.75) is 13.8 Å². The van der Waals surface area contributed by atoms with Gasteiger partial charge in [-0.05, 0) is 37.6 Å². The summed E-state index contributed by atoms with van der Waals surface area (Å²) in [5, 5.41) is 2.98. The van der Waals surface area contributed by atoms with Crippen molar-refractivity contribution in [1.82, 2.24) is 9.97 Å². The number of rotatable bonds is 2. The number of anilines is 1. The molecule has 0 saturated carbocycles. The minimum absolute atomic E-state index is 0.201. The first-order valence-corrected chi connectivity index (χ1v) is 5.40. The lowest BCUT2D eigenvalue weighted by atomic mass is 10.1. The quantitative estimate of drug-likeness (QED) is 0.863. The molecular weight excluding hydrogens is 217 g/mol. The van der Waals surface area contributed by atoms with Gasteiger partial charge < -0.3 is 5.32 Å². The maximum absolute atomic E-state index is 13.2. The highest BCUT2D eigenvalue weighted by Crippen LogP contribution is 2.21.